The minimum atomic E-state index is -3.78. The number of aromatic nitrogens is 2. The largest absolute Gasteiger partial charge is 0.355 e. The maximum atomic E-state index is 12.5. The first-order valence-corrected chi connectivity index (χ1v) is 10.3. The Morgan fingerprint density at radius 3 is 2.48 bits per heavy atom. The van der Waals surface area contributed by atoms with Crippen LogP contribution in [0.25, 0.3) is 0 Å². The van der Waals surface area contributed by atoms with Gasteiger partial charge in [-0.2, -0.15) is 0 Å². The number of hydrogen-bond donors (Lipinski definition) is 2. The first kappa shape index (κ1) is 19.1. The molecule has 2 heterocycles. The molecule has 0 saturated carbocycles. The summed E-state index contributed by atoms with van der Waals surface area (Å²) in [6, 6.07) is 9.30. The summed E-state index contributed by atoms with van der Waals surface area (Å²) in [5, 5.41) is 10.8. The van der Waals surface area contributed by atoms with Crippen LogP contribution in [0.5, 0.6) is 0 Å². The van der Waals surface area contributed by atoms with Gasteiger partial charge in [0.2, 0.25) is 5.91 Å². The fraction of sp³-hybridized carbons (Fsp3) is 0.389. The molecule has 9 heteroatoms. The number of piperidine rings is 1. The van der Waals surface area contributed by atoms with Gasteiger partial charge in [-0.15, -0.1) is 10.2 Å². The highest BCUT2D eigenvalue weighted by Gasteiger charge is 2.19. The molecule has 1 unspecified atom stereocenters. The topological polar surface area (TPSA) is 104 Å². The molecule has 0 aliphatic carbocycles. The lowest BCUT2D eigenvalue weighted by molar-refractivity contribution is -0.114. The molecule has 1 aliphatic heterocycles. The van der Waals surface area contributed by atoms with E-state index >= 15 is 0 Å². The summed E-state index contributed by atoms with van der Waals surface area (Å²) in [6.07, 6.45) is 2.33. The van der Waals surface area contributed by atoms with Crippen molar-refractivity contribution in [3.63, 3.8) is 0 Å². The third-order valence-corrected chi connectivity index (χ3v) is 5.73. The molecule has 0 spiro atoms. The molecule has 1 atom stereocenters. The Kier molecular flexibility index (Phi) is 5.59. The van der Waals surface area contributed by atoms with Crippen LogP contribution in [-0.4, -0.2) is 37.6 Å². The molecule has 8 nitrogen and oxygen atoms in total. The van der Waals surface area contributed by atoms with Crippen molar-refractivity contribution < 1.29 is 13.2 Å². The van der Waals surface area contributed by atoms with Crippen LogP contribution in [0.3, 0.4) is 0 Å². The van der Waals surface area contributed by atoms with Gasteiger partial charge in [0.25, 0.3) is 10.0 Å². The van der Waals surface area contributed by atoms with E-state index in [4.69, 9.17) is 0 Å². The van der Waals surface area contributed by atoms with E-state index in [9.17, 15) is 13.2 Å². The molecule has 1 fully saturated rings. The van der Waals surface area contributed by atoms with Gasteiger partial charge in [0.1, 0.15) is 0 Å². The zero-order valence-electron chi connectivity index (χ0n) is 15.3. The third-order valence-electron chi connectivity index (χ3n) is 4.36. The van der Waals surface area contributed by atoms with Gasteiger partial charge >= 0.3 is 0 Å². The van der Waals surface area contributed by atoms with E-state index in [-0.39, 0.29) is 16.6 Å². The Morgan fingerprint density at radius 1 is 1.15 bits per heavy atom. The molecule has 1 aliphatic rings. The van der Waals surface area contributed by atoms with Crippen molar-refractivity contribution >= 4 is 33.3 Å². The number of hydrogen-bond acceptors (Lipinski definition) is 6. The van der Waals surface area contributed by atoms with Crippen molar-refractivity contribution in [2.24, 2.45) is 5.92 Å². The van der Waals surface area contributed by atoms with Crippen molar-refractivity contribution in [2.45, 2.75) is 31.6 Å². The first-order chi connectivity index (χ1) is 12.8. The molecule has 144 valence electrons. The van der Waals surface area contributed by atoms with Gasteiger partial charge in [-0.05, 0) is 55.2 Å². The number of carbonyl (C=O) groups excluding carboxylic acids is 1. The van der Waals surface area contributed by atoms with Gasteiger partial charge < -0.3 is 10.2 Å². The number of nitrogens with one attached hydrogen (secondary N) is 2. The fourth-order valence-corrected chi connectivity index (χ4v) is 4.06. The van der Waals surface area contributed by atoms with Gasteiger partial charge in [0.05, 0.1) is 4.90 Å². The molecule has 0 bridgehead atoms. The molecule has 1 saturated heterocycles. The van der Waals surface area contributed by atoms with Gasteiger partial charge in [-0.25, -0.2) is 8.42 Å². The Labute approximate surface area is 159 Å². The Balaban J connectivity index is 1.69. The molecule has 2 N–H and O–H groups in total. The van der Waals surface area contributed by atoms with Crippen LogP contribution in [0, 0.1) is 5.92 Å². The number of carbonyl (C=O) groups is 1. The normalized spacial score (nSPS) is 17.4. The highest BCUT2D eigenvalue weighted by atomic mass is 32.2. The summed E-state index contributed by atoms with van der Waals surface area (Å²) >= 11 is 0. The number of rotatable bonds is 5. The number of benzene rings is 1. The molecule has 1 amide bonds. The molecule has 3 rings (SSSR count). The van der Waals surface area contributed by atoms with Crippen molar-refractivity contribution in [1.29, 1.82) is 0 Å². The van der Waals surface area contributed by atoms with E-state index in [0.717, 1.165) is 25.3 Å². The van der Waals surface area contributed by atoms with Crippen molar-refractivity contribution in [1.82, 2.24) is 10.2 Å². The highest BCUT2D eigenvalue weighted by Crippen LogP contribution is 2.22. The minimum Gasteiger partial charge on any atom is -0.355 e. The van der Waals surface area contributed by atoms with Crippen LogP contribution in [0.15, 0.2) is 41.3 Å². The molecule has 1 aromatic heterocycles. The second kappa shape index (κ2) is 7.91. The van der Waals surface area contributed by atoms with E-state index in [1.165, 1.54) is 37.6 Å². The van der Waals surface area contributed by atoms with Crippen LogP contribution in [-0.2, 0) is 14.8 Å². The van der Waals surface area contributed by atoms with Crippen molar-refractivity contribution in [3.05, 3.63) is 36.4 Å². The number of nitrogens with zero attached hydrogens (tertiary/aromatic N) is 3. The Bertz CT molecular complexity index is 898. The molecular weight excluding hydrogens is 366 g/mol. The standard InChI is InChI=1S/C18H23N5O3S/c1-13-4-3-11-23(12-13)18-10-9-17(20-21-18)22-27(25,26)16-7-5-15(6-8-16)19-14(2)24/h5-10,13H,3-4,11-12H2,1-2H3,(H,19,24)(H,20,22). The predicted molar refractivity (Wildman–Crippen MR) is 104 cm³/mol. The smallest absolute Gasteiger partial charge is 0.263 e. The summed E-state index contributed by atoms with van der Waals surface area (Å²) in [5.74, 6) is 1.31. The van der Waals surface area contributed by atoms with E-state index in [2.05, 4.69) is 32.1 Å². The number of sulfonamides is 1. The number of anilines is 3. The van der Waals surface area contributed by atoms with Crippen LogP contribution in [0.4, 0.5) is 17.3 Å². The van der Waals surface area contributed by atoms with Gasteiger partial charge in [-0.1, -0.05) is 6.92 Å². The summed E-state index contributed by atoms with van der Waals surface area (Å²) in [5.41, 5.74) is 0.529. The summed E-state index contributed by atoms with van der Waals surface area (Å²) in [7, 11) is -3.78. The van der Waals surface area contributed by atoms with Crippen LogP contribution >= 0.6 is 0 Å². The average molecular weight is 389 g/mol. The summed E-state index contributed by atoms with van der Waals surface area (Å²) < 4.78 is 27.4. The van der Waals surface area contributed by atoms with Crippen LogP contribution in [0.1, 0.15) is 26.7 Å². The second-order valence-electron chi connectivity index (χ2n) is 6.78. The zero-order valence-corrected chi connectivity index (χ0v) is 16.2. The van der Waals surface area contributed by atoms with Crippen LogP contribution < -0.4 is 14.9 Å². The third kappa shape index (κ3) is 4.94. The van der Waals surface area contributed by atoms with E-state index < -0.39 is 10.0 Å². The monoisotopic (exact) mass is 389 g/mol. The van der Waals surface area contributed by atoms with Gasteiger partial charge in [0, 0.05) is 25.7 Å². The first-order valence-electron chi connectivity index (χ1n) is 8.82. The second-order valence-corrected chi connectivity index (χ2v) is 8.46. The Morgan fingerprint density at radius 2 is 1.89 bits per heavy atom. The zero-order chi connectivity index (χ0) is 19.4. The van der Waals surface area contributed by atoms with E-state index in [1.54, 1.807) is 12.1 Å². The van der Waals surface area contributed by atoms with Gasteiger partial charge in [0.15, 0.2) is 11.6 Å². The predicted octanol–water partition coefficient (Wildman–Crippen LogP) is 2.47. The summed E-state index contributed by atoms with van der Waals surface area (Å²) in [4.78, 5) is 13.3. The average Bonchev–Trinajstić information content (AvgIpc) is 2.62. The molecule has 2 aromatic rings. The number of amides is 1. The van der Waals surface area contributed by atoms with Crippen molar-refractivity contribution in [3.8, 4) is 0 Å². The van der Waals surface area contributed by atoms with E-state index in [1.807, 2.05) is 0 Å². The summed E-state index contributed by atoms with van der Waals surface area (Å²) in [6.45, 7) is 5.46. The molecular formula is C18H23N5O3S. The van der Waals surface area contributed by atoms with Crippen LogP contribution in [0.2, 0.25) is 0 Å². The highest BCUT2D eigenvalue weighted by molar-refractivity contribution is 7.92. The quantitative estimate of drug-likeness (QED) is 0.814. The lowest BCUT2D eigenvalue weighted by Gasteiger charge is -2.31. The maximum absolute atomic E-state index is 12.5. The maximum Gasteiger partial charge on any atom is 0.263 e. The SMILES string of the molecule is CC(=O)Nc1ccc(S(=O)(=O)Nc2ccc(N3CCCC(C)C3)nn2)cc1. The minimum absolute atomic E-state index is 0.0762. The molecule has 27 heavy (non-hydrogen) atoms. The van der Waals surface area contributed by atoms with Gasteiger partial charge in [-0.3, -0.25) is 9.52 Å². The Hall–Kier alpha value is -2.68. The van der Waals surface area contributed by atoms with E-state index in [0.29, 0.717) is 11.6 Å². The lowest BCUT2D eigenvalue weighted by Crippen LogP contribution is -2.34. The molecule has 0 radical (unpaired) electrons. The fourth-order valence-electron chi connectivity index (χ4n) is 3.06. The molecule has 1 aromatic carbocycles. The van der Waals surface area contributed by atoms with Crippen molar-refractivity contribution in [2.75, 3.05) is 28.0 Å². The lowest BCUT2D eigenvalue weighted by atomic mass is 10.0.